The van der Waals surface area contributed by atoms with Gasteiger partial charge in [-0.05, 0) is 6.54 Å². The van der Waals surface area contributed by atoms with Crippen molar-refractivity contribution in [2.75, 3.05) is 72.2 Å². The summed E-state index contributed by atoms with van der Waals surface area (Å²) >= 11 is 0. The molecule has 0 heterocycles. The molecule has 0 aromatic carbocycles. The number of hydrogen-bond acceptors (Lipinski definition) is 6. The molecule has 0 saturated carbocycles. The Bertz CT molecular complexity index is 134. The Morgan fingerprint density at radius 3 is 1.72 bits per heavy atom. The molecule has 0 radical (unpaired) electrons. The van der Waals surface area contributed by atoms with Crippen molar-refractivity contribution in [3.63, 3.8) is 0 Å². The second-order valence-corrected chi connectivity index (χ2v) is 3.94. The summed E-state index contributed by atoms with van der Waals surface area (Å²) in [5.41, 5.74) is 0. The van der Waals surface area contributed by atoms with Crippen LogP contribution in [-0.2, 0) is 4.74 Å². The molecule has 6 nitrogen and oxygen atoms in total. The SMILES string of the molecule is CCNCCNCCOCCNCCNCCO. The van der Waals surface area contributed by atoms with Crippen LogP contribution in [0.15, 0.2) is 0 Å². The minimum Gasteiger partial charge on any atom is -0.395 e. The molecule has 18 heavy (non-hydrogen) atoms. The van der Waals surface area contributed by atoms with E-state index in [2.05, 4.69) is 28.2 Å². The number of likely N-dealkylation sites (N-methyl/N-ethyl adjacent to an activating group) is 1. The summed E-state index contributed by atoms with van der Waals surface area (Å²) in [7, 11) is 0. The fourth-order valence-corrected chi connectivity index (χ4v) is 1.38. The maximum absolute atomic E-state index is 8.54. The second kappa shape index (κ2) is 16.8. The zero-order chi connectivity index (χ0) is 13.3. The molecular formula is C12H30N4O2. The quantitative estimate of drug-likeness (QED) is 0.228. The molecule has 0 bridgehead atoms. The zero-order valence-electron chi connectivity index (χ0n) is 11.6. The van der Waals surface area contributed by atoms with Gasteiger partial charge in [0, 0.05) is 45.8 Å². The molecule has 0 aliphatic carbocycles. The first-order valence-corrected chi connectivity index (χ1v) is 6.93. The molecule has 110 valence electrons. The lowest BCUT2D eigenvalue weighted by Gasteiger charge is -2.08. The second-order valence-electron chi connectivity index (χ2n) is 3.94. The van der Waals surface area contributed by atoms with Gasteiger partial charge >= 0.3 is 0 Å². The van der Waals surface area contributed by atoms with Gasteiger partial charge in [-0.15, -0.1) is 0 Å². The van der Waals surface area contributed by atoms with Gasteiger partial charge in [0.2, 0.25) is 0 Å². The molecule has 0 atom stereocenters. The molecule has 0 aromatic rings. The summed E-state index contributed by atoms with van der Waals surface area (Å²) in [6, 6.07) is 0. The highest BCUT2D eigenvalue weighted by atomic mass is 16.5. The third kappa shape index (κ3) is 15.8. The summed E-state index contributed by atoms with van der Waals surface area (Å²) < 4.78 is 5.46. The average molecular weight is 262 g/mol. The van der Waals surface area contributed by atoms with E-state index in [0.29, 0.717) is 6.54 Å². The highest BCUT2D eigenvalue weighted by Crippen LogP contribution is 1.72. The molecule has 0 aliphatic rings. The average Bonchev–Trinajstić information content (AvgIpc) is 2.39. The van der Waals surface area contributed by atoms with Crippen LogP contribution in [0.1, 0.15) is 6.92 Å². The fraction of sp³-hybridized carbons (Fsp3) is 1.00. The van der Waals surface area contributed by atoms with E-state index < -0.39 is 0 Å². The lowest BCUT2D eigenvalue weighted by atomic mass is 10.5. The van der Waals surface area contributed by atoms with Crippen molar-refractivity contribution >= 4 is 0 Å². The van der Waals surface area contributed by atoms with E-state index >= 15 is 0 Å². The minimum absolute atomic E-state index is 0.198. The van der Waals surface area contributed by atoms with E-state index in [1.54, 1.807) is 0 Å². The van der Waals surface area contributed by atoms with Crippen LogP contribution >= 0.6 is 0 Å². The van der Waals surface area contributed by atoms with Gasteiger partial charge in [-0.2, -0.15) is 0 Å². The van der Waals surface area contributed by atoms with E-state index in [-0.39, 0.29) is 6.61 Å². The molecule has 0 spiro atoms. The van der Waals surface area contributed by atoms with Gasteiger partial charge in [0.05, 0.1) is 19.8 Å². The summed E-state index contributed by atoms with van der Waals surface area (Å²) in [6.07, 6.45) is 0. The van der Waals surface area contributed by atoms with E-state index in [9.17, 15) is 0 Å². The van der Waals surface area contributed by atoms with E-state index in [1.165, 1.54) is 0 Å². The number of aliphatic hydroxyl groups excluding tert-OH is 1. The van der Waals surface area contributed by atoms with Crippen LogP contribution in [0, 0.1) is 0 Å². The topological polar surface area (TPSA) is 77.6 Å². The van der Waals surface area contributed by atoms with Crippen LogP contribution in [0.2, 0.25) is 0 Å². The molecule has 0 amide bonds. The Hall–Kier alpha value is -0.240. The van der Waals surface area contributed by atoms with Crippen molar-refractivity contribution in [3.8, 4) is 0 Å². The van der Waals surface area contributed by atoms with E-state index in [0.717, 1.165) is 59.0 Å². The summed E-state index contributed by atoms with van der Waals surface area (Å²) in [4.78, 5) is 0. The number of aliphatic hydroxyl groups is 1. The molecule has 0 rings (SSSR count). The van der Waals surface area contributed by atoms with Crippen molar-refractivity contribution in [1.82, 2.24) is 21.3 Å². The fourth-order valence-electron chi connectivity index (χ4n) is 1.38. The van der Waals surface area contributed by atoms with Crippen molar-refractivity contribution in [1.29, 1.82) is 0 Å². The Kier molecular flexibility index (Phi) is 16.5. The molecule has 0 aliphatic heterocycles. The predicted octanol–water partition coefficient (Wildman–Crippen LogP) is -1.63. The molecule has 0 unspecified atom stereocenters. The van der Waals surface area contributed by atoms with Crippen LogP contribution in [0.5, 0.6) is 0 Å². The maximum atomic E-state index is 8.54. The van der Waals surface area contributed by atoms with Crippen molar-refractivity contribution in [3.05, 3.63) is 0 Å². The normalized spacial score (nSPS) is 11.0. The van der Waals surface area contributed by atoms with Crippen molar-refractivity contribution in [2.45, 2.75) is 6.92 Å². The first-order valence-electron chi connectivity index (χ1n) is 6.93. The Morgan fingerprint density at radius 2 is 1.22 bits per heavy atom. The van der Waals surface area contributed by atoms with Gasteiger partial charge in [0.25, 0.3) is 0 Å². The third-order valence-corrected chi connectivity index (χ3v) is 2.34. The number of nitrogens with one attached hydrogen (secondary N) is 4. The molecular weight excluding hydrogens is 232 g/mol. The van der Waals surface area contributed by atoms with Gasteiger partial charge < -0.3 is 31.1 Å². The van der Waals surface area contributed by atoms with Crippen LogP contribution in [0.25, 0.3) is 0 Å². The predicted molar refractivity (Wildman–Crippen MR) is 75.1 cm³/mol. The standard InChI is InChI=1S/C12H30N4O2/c1-2-13-3-4-15-8-11-18-12-9-16-6-5-14-7-10-17/h13-17H,2-12H2,1H3. The van der Waals surface area contributed by atoms with Gasteiger partial charge in [-0.25, -0.2) is 0 Å². The van der Waals surface area contributed by atoms with Crippen LogP contribution < -0.4 is 21.3 Å². The third-order valence-electron chi connectivity index (χ3n) is 2.34. The minimum atomic E-state index is 0.198. The molecule has 6 heteroatoms. The van der Waals surface area contributed by atoms with Crippen molar-refractivity contribution < 1.29 is 9.84 Å². The molecule has 0 saturated heterocycles. The van der Waals surface area contributed by atoms with Gasteiger partial charge in [0.15, 0.2) is 0 Å². The largest absolute Gasteiger partial charge is 0.395 e. The number of hydrogen-bond donors (Lipinski definition) is 5. The van der Waals surface area contributed by atoms with Gasteiger partial charge in [0.1, 0.15) is 0 Å². The van der Waals surface area contributed by atoms with E-state index in [1.807, 2.05) is 0 Å². The Labute approximate surface area is 111 Å². The first-order chi connectivity index (χ1) is 8.91. The van der Waals surface area contributed by atoms with Gasteiger partial charge in [-0.1, -0.05) is 6.92 Å². The number of ether oxygens (including phenoxy) is 1. The van der Waals surface area contributed by atoms with Crippen molar-refractivity contribution in [2.24, 2.45) is 0 Å². The lowest BCUT2D eigenvalue weighted by Crippen LogP contribution is -2.32. The van der Waals surface area contributed by atoms with Crippen LogP contribution in [0.3, 0.4) is 0 Å². The number of rotatable bonds is 15. The van der Waals surface area contributed by atoms with Gasteiger partial charge in [-0.3, -0.25) is 0 Å². The molecule has 0 fully saturated rings. The Balaban J connectivity index is 2.86. The monoisotopic (exact) mass is 262 g/mol. The zero-order valence-corrected chi connectivity index (χ0v) is 11.6. The molecule has 5 N–H and O–H groups in total. The van der Waals surface area contributed by atoms with Crippen LogP contribution in [0.4, 0.5) is 0 Å². The smallest absolute Gasteiger partial charge is 0.0591 e. The highest BCUT2D eigenvalue weighted by molar-refractivity contribution is 4.52. The highest BCUT2D eigenvalue weighted by Gasteiger charge is 1.90. The summed E-state index contributed by atoms with van der Waals surface area (Å²) in [6.45, 7) is 11.1. The lowest BCUT2D eigenvalue weighted by molar-refractivity contribution is 0.138. The summed E-state index contributed by atoms with van der Waals surface area (Å²) in [5.74, 6) is 0. The summed E-state index contributed by atoms with van der Waals surface area (Å²) in [5, 5.41) is 21.5. The Morgan fingerprint density at radius 1 is 0.722 bits per heavy atom. The maximum Gasteiger partial charge on any atom is 0.0591 e. The van der Waals surface area contributed by atoms with Crippen LogP contribution in [-0.4, -0.2) is 77.3 Å². The van der Waals surface area contributed by atoms with E-state index in [4.69, 9.17) is 9.84 Å². The first kappa shape index (κ1) is 17.8. The molecule has 0 aromatic heterocycles.